The Hall–Kier alpha value is -3.93. The maximum absolute atomic E-state index is 12.8. The normalized spacial score (nSPS) is 13.0. The summed E-state index contributed by atoms with van der Waals surface area (Å²) >= 11 is 0. The third kappa shape index (κ3) is 5.17. The first-order valence-corrected chi connectivity index (χ1v) is 11.7. The van der Waals surface area contributed by atoms with Crippen molar-refractivity contribution in [2.75, 3.05) is 23.9 Å². The van der Waals surface area contributed by atoms with Crippen LogP contribution in [-0.2, 0) is 11.3 Å². The molecule has 0 unspecified atom stereocenters. The molecule has 4 aromatic rings. The monoisotopic (exact) mass is 452 g/mol. The predicted octanol–water partition coefficient (Wildman–Crippen LogP) is 5.55. The first-order chi connectivity index (χ1) is 16.7. The number of ether oxygens (including phenoxy) is 1. The number of benzene rings is 3. The van der Waals surface area contributed by atoms with E-state index in [9.17, 15) is 4.79 Å². The number of carbonyl (C=O) groups is 1. The highest BCUT2D eigenvalue weighted by atomic mass is 16.5. The van der Waals surface area contributed by atoms with Crippen molar-refractivity contribution in [3.63, 3.8) is 0 Å². The van der Waals surface area contributed by atoms with Gasteiger partial charge in [-0.25, -0.2) is 9.97 Å². The van der Waals surface area contributed by atoms with Gasteiger partial charge < -0.3 is 15.0 Å². The standard InChI is InChI=1S/C28H28N4O2/c1-34-23-15-13-22(14-16-23)29-26(33)17-18-32(19-20-7-3-2-4-8-20)28-24-9-5-6-10-25(24)30-27(31-28)21-11-12-21/h2-10,13-16,21H,11-12,17-19H2,1H3,(H,29,33). The largest absolute Gasteiger partial charge is 0.497 e. The Balaban J connectivity index is 1.40. The molecule has 0 spiro atoms. The number of carbonyl (C=O) groups excluding carboxylic acids is 1. The molecule has 1 fully saturated rings. The van der Waals surface area contributed by atoms with E-state index in [0.29, 0.717) is 25.4 Å². The molecule has 0 bridgehead atoms. The van der Waals surface area contributed by atoms with E-state index in [2.05, 4.69) is 28.4 Å². The third-order valence-corrected chi connectivity index (χ3v) is 6.04. The summed E-state index contributed by atoms with van der Waals surface area (Å²) in [5.41, 5.74) is 2.88. The highest BCUT2D eigenvalue weighted by Gasteiger charge is 2.28. The lowest BCUT2D eigenvalue weighted by molar-refractivity contribution is -0.116. The second-order valence-electron chi connectivity index (χ2n) is 8.63. The van der Waals surface area contributed by atoms with Crippen LogP contribution < -0.4 is 15.0 Å². The predicted molar refractivity (Wildman–Crippen MR) is 135 cm³/mol. The van der Waals surface area contributed by atoms with E-state index in [1.807, 2.05) is 60.7 Å². The van der Waals surface area contributed by atoms with Crippen molar-refractivity contribution in [2.45, 2.75) is 31.7 Å². The molecule has 1 aromatic heterocycles. The molecule has 6 nitrogen and oxygen atoms in total. The van der Waals surface area contributed by atoms with Crippen LogP contribution in [0.4, 0.5) is 11.5 Å². The number of rotatable bonds is 9. The molecule has 172 valence electrons. The molecular weight excluding hydrogens is 424 g/mol. The highest BCUT2D eigenvalue weighted by molar-refractivity contribution is 5.92. The van der Waals surface area contributed by atoms with Crippen LogP contribution in [0.1, 0.15) is 36.6 Å². The summed E-state index contributed by atoms with van der Waals surface area (Å²) in [6, 6.07) is 25.8. The van der Waals surface area contributed by atoms with Gasteiger partial charge in [0.25, 0.3) is 0 Å². The van der Waals surface area contributed by atoms with E-state index in [0.717, 1.165) is 46.8 Å². The molecule has 1 saturated carbocycles. The Kier molecular flexibility index (Phi) is 6.38. The highest BCUT2D eigenvalue weighted by Crippen LogP contribution is 2.40. The Labute approximate surface area is 199 Å². The lowest BCUT2D eigenvalue weighted by Crippen LogP contribution is -2.29. The number of fused-ring (bicyclic) bond motifs is 1. The number of para-hydroxylation sites is 1. The molecule has 1 N–H and O–H groups in total. The van der Waals surface area contributed by atoms with Gasteiger partial charge in [-0.05, 0) is 54.8 Å². The molecule has 1 amide bonds. The number of nitrogens with one attached hydrogen (secondary N) is 1. The minimum absolute atomic E-state index is 0.0380. The molecule has 6 heteroatoms. The van der Waals surface area contributed by atoms with Gasteiger partial charge in [0, 0.05) is 36.5 Å². The van der Waals surface area contributed by atoms with Crippen molar-refractivity contribution in [1.29, 1.82) is 0 Å². The van der Waals surface area contributed by atoms with Gasteiger partial charge in [0.05, 0.1) is 12.6 Å². The Morgan fingerprint density at radius 3 is 2.44 bits per heavy atom. The number of anilines is 2. The van der Waals surface area contributed by atoms with E-state index in [-0.39, 0.29) is 5.91 Å². The summed E-state index contributed by atoms with van der Waals surface area (Å²) in [6.45, 7) is 1.21. The Bertz CT molecular complexity index is 1270. The fourth-order valence-corrected chi connectivity index (χ4v) is 4.04. The van der Waals surface area contributed by atoms with E-state index in [4.69, 9.17) is 14.7 Å². The van der Waals surface area contributed by atoms with Gasteiger partial charge in [0.1, 0.15) is 17.4 Å². The lowest BCUT2D eigenvalue weighted by atomic mass is 10.1. The number of nitrogens with zero attached hydrogens (tertiary/aromatic N) is 3. The number of hydrogen-bond acceptors (Lipinski definition) is 5. The molecule has 34 heavy (non-hydrogen) atoms. The summed E-state index contributed by atoms with van der Waals surface area (Å²) in [5, 5.41) is 4.00. The van der Waals surface area contributed by atoms with Gasteiger partial charge >= 0.3 is 0 Å². The number of amides is 1. The van der Waals surface area contributed by atoms with Gasteiger partial charge in [-0.2, -0.15) is 0 Å². The summed E-state index contributed by atoms with van der Waals surface area (Å²) in [5.74, 6) is 2.97. The topological polar surface area (TPSA) is 67.3 Å². The number of aromatic nitrogens is 2. The van der Waals surface area contributed by atoms with Crippen LogP contribution in [0.2, 0.25) is 0 Å². The molecule has 1 aliphatic carbocycles. The van der Waals surface area contributed by atoms with Gasteiger partial charge in [-0.3, -0.25) is 4.79 Å². The fraction of sp³-hybridized carbons (Fsp3) is 0.250. The molecule has 0 radical (unpaired) electrons. The van der Waals surface area contributed by atoms with Crippen LogP contribution in [-0.4, -0.2) is 29.5 Å². The quantitative estimate of drug-likeness (QED) is 0.361. The first-order valence-electron chi connectivity index (χ1n) is 11.7. The summed E-state index contributed by atoms with van der Waals surface area (Å²) in [7, 11) is 1.63. The number of methoxy groups -OCH3 is 1. The minimum atomic E-state index is -0.0380. The molecule has 1 aliphatic rings. The van der Waals surface area contributed by atoms with Crippen molar-refractivity contribution < 1.29 is 9.53 Å². The summed E-state index contributed by atoms with van der Waals surface area (Å²) < 4.78 is 5.19. The third-order valence-electron chi connectivity index (χ3n) is 6.04. The van der Waals surface area contributed by atoms with E-state index in [1.165, 1.54) is 5.56 Å². The molecular formula is C28H28N4O2. The zero-order valence-electron chi connectivity index (χ0n) is 19.3. The van der Waals surface area contributed by atoms with Crippen LogP contribution in [0.3, 0.4) is 0 Å². The molecule has 3 aromatic carbocycles. The van der Waals surface area contributed by atoms with Crippen molar-refractivity contribution >= 4 is 28.3 Å². The second kappa shape index (κ2) is 9.91. The minimum Gasteiger partial charge on any atom is -0.497 e. The second-order valence-corrected chi connectivity index (χ2v) is 8.63. The van der Waals surface area contributed by atoms with Gasteiger partial charge in [0.2, 0.25) is 5.91 Å². The van der Waals surface area contributed by atoms with Gasteiger partial charge in [-0.15, -0.1) is 0 Å². The van der Waals surface area contributed by atoms with Gasteiger partial charge in [-0.1, -0.05) is 42.5 Å². The van der Waals surface area contributed by atoms with Crippen LogP contribution >= 0.6 is 0 Å². The van der Waals surface area contributed by atoms with Crippen LogP contribution in [0.15, 0.2) is 78.9 Å². The number of hydrogen-bond donors (Lipinski definition) is 1. The van der Waals surface area contributed by atoms with Crippen LogP contribution in [0, 0.1) is 0 Å². The van der Waals surface area contributed by atoms with Gasteiger partial charge in [0.15, 0.2) is 0 Å². The average molecular weight is 453 g/mol. The zero-order chi connectivity index (χ0) is 23.3. The van der Waals surface area contributed by atoms with Crippen LogP contribution in [0.25, 0.3) is 10.9 Å². The van der Waals surface area contributed by atoms with E-state index in [1.54, 1.807) is 7.11 Å². The molecule has 1 heterocycles. The maximum atomic E-state index is 12.8. The molecule has 0 atom stereocenters. The zero-order valence-corrected chi connectivity index (χ0v) is 19.3. The van der Waals surface area contributed by atoms with E-state index < -0.39 is 0 Å². The Morgan fingerprint density at radius 2 is 1.71 bits per heavy atom. The maximum Gasteiger partial charge on any atom is 0.226 e. The SMILES string of the molecule is COc1ccc(NC(=O)CCN(Cc2ccccc2)c2nc(C3CC3)nc3ccccc23)cc1. The lowest BCUT2D eigenvalue weighted by Gasteiger charge is -2.25. The molecule has 5 rings (SSSR count). The summed E-state index contributed by atoms with van der Waals surface area (Å²) in [4.78, 5) is 24.8. The average Bonchev–Trinajstić information content (AvgIpc) is 3.73. The van der Waals surface area contributed by atoms with Crippen molar-refractivity contribution in [1.82, 2.24) is 9.97 Å². The van der Waals surface area contributed by atoms with Crippen molar-refractivity contribution in [3.05, 3.63) is 90.3 Å². The van der Waals surface area contributed by atoms with Crippen molar-refractivity contribution in [2.24, 2.45) is 0 Å². The molecule has 0 saturated heterocycles. The van der Waals surface area contributed by atoms with E-state index >= 15 is 0 Å². The first kappa shape index (κ1) is 21.9. The Morgan fingerprint density at radius 1 is 0.971 bits per heavy atom. The fourth-order valence-electron chi connectivity index (χ4n) is 4.04. The van der Waals surface area contributed by atoms with Crippen LogP contribution in [0.5, 0.6) is 5.75 Å². The van der Waals surface area contributed by atoms with Crippen molar-refractivity contribution in [3.8, 4) is 5.75 Å². The smallest absolute Gasteiger partial charge is 0.226 e. The summed E-state index contributed by atoms with van der Waals surface area (Å²) in [6.07, 6.45) is 2.62. The molecule has 0 aliphatic heterocycles.